The second-order valence-corrected chi connectivity index (χ2v) is 8.79. The van der Waals surface area contributed by atoms with E-state index in [2.05, 4.69) is 19.9 Å². The molecule has 9 heteroatoms. The fourth-order valence-electron chi connectivity index (χ4n) is 3.86. The first-order valence-electron chi connectivity index (χ1n) is 8.96. The van der Waals surface area contributed by atoms with Gasteiger partial charge in [-0.3, -0.25) is 4.90 Å². The van der Waals surface area contributed by atoms with Crippen molar-refractivity contribution in [3.63, 3.8) is 0 Å². The Morgan fingerprint density at radius 3 is 2.48 bits per heavy atom. The SMILES string of the molecule is CC(C)(C)OC(=O)N1C2CCC1CN(c1nc(Cl)nc3cc(Cl)cnc13)C2. The summed E-state index contributed by atoms with van der Waals surface area (Å²) in [5.74, 6) is 0.683. The van der Waals surface area contributed by atoms with Gasteiger partial charge in [0.15, 0.2) is 5.82 Å². The van der Waals surface area contributed by atoms with Gasteiger partial charge in [0.05, 0.1) is 22.6 Å². The number of nitrogens with zero attached hydrogens (tertiary/aromatic N) is 5. The molecule has 2 fully saturated rings. The molecule has 2 aromatic heterocycles. The molecule has 2 aliphatic rings. The Balaban J connectivity index is 1.62. The summed E-state index contributed by atoms with van der Waals surface area (Å²) in [6.45, 7) is 6.96. The molecule has 0 N–H and O–H groups in total. The highest BCUT2D eigenvalue weighted by molar-refractivity contribution is 6.31. The summed E-state index contributed by atoms with van der Waals surface area (Å²) in [6, 6.07) is 1.89. The smallest absolute Gasteiger partial charge is 0.410 e. The first-order chi connectivity index (χ1) is 12.7. The second-order valence-electron chi connectivity index (χ2n) is 8.02. The summed E-state index contributed by atoms with van der Waals surface area (Å²) in [7, 11) is 0. The number of fused-ring (bicyclic) bond motifs is 3. The predicted octanol–water partition coefficient (Wildman–Crippen LogP) is 3.92. The third-order valence-corrected chi connectivity index (χ3v) is 5.22. The number of carbonyl (C=O) groups is 1. The monoisotopic (exact) mass is 409 g/mol. The summed E-state index contributed by atoms with van der Waals surface area (Å²) < 4.78 is 5.60. The molecule has 2 atom stereocenters. The number of halogens is 2. The van der Waals surface area contributed by atoms with E-state index in [4.69, 9.17) is 27.9 Å². The van der Waals surface area contributed by atoms with Crippen molar-refractivity contribution in [2.75, 3.05) is 18.0 Å². The molecule has 144 valence electrons. The minimum absolute atomic E-state index is 0.0784. The van der Waals surface area contributed by atoms with Crippen LogP contribution in [0.25, 0.3) is 11.0 Å². The van der Waals surface area contributed by atoms with Gasteiger partial charge >= 0.3 is 6.09 Å². The molecular weight excluding hydrogens is 389 g/mol. The number of hydrogen-bond acceptors (Lipinski definition) is 6. The van der Waals surface area contributed by atoms with E-state index in [0.29, 0.717) is 35.0 Å². The van der Waals surface area contributed by atoms with Crippen molar-refractivity contribution < 1.29 is 9.53 Å². The Morgan fingerprint density at radius 1 is 1.19 bits per heavy atom. The number of hydrogen-bond donors (Lipinski definition) is 0. The van der Waals surface area contributed by atoms with Gasteiger partial charge in [-0.1, -0.05) is 11.6 Å². The number of rotatable bonds is 1. The fourth-order valence-corrected chi connectivity index (χ4v) is 4.18. The lowest BCUT2D eigenvalue weighted by Crippen LogP contribution is -2.57. The van der Waals surface area contributed by atoms with Gasteiger partial charge in [0.25, 0.3) is 0 Å². The summed E-state index contributed by atoms with van der Waals surface area (Å²) in [5.41, 5.74) is 0.765. The van der Waals surface area contributed by atoms with E-state index in [1.165, 1.54) is 0 Å². The summed E-state index contributed by atoms with van der Waals surface area (Å²) >= 11 is 12.2. The zero-order chi connectivity index (χ0) is 19.3. The van der Waals surface area contributed by atoms with Crippen LogP contribution in [0.4, 0.5) is 10.6 Å². The van der Waals surface area contributed by atoms with E-state index < -0.39 is 5.60 Å². The van der Waals surface area contributed by atoms with Gasteiger partial charge < -0.3 is 9.64 Å². The van der Waals surface area contributed by atoms with Crippen LogP contribution in [-0.4, -0.2) is 56.7 Å². The molecule has 0 spiro atoms. The lowest BCUT2D eigenvalue weighted by molar-refractivity contribution is 0.0123. The van der Waals surface area contributed by atoms with Gasteiger partial charge in [-0.05, 0) is 51.3 Å². The van der Waals surface area contributed by atoms with Crippen molar-refractivity contribution in [2.24, 2.45) is 0 Å². The third-order valence-electron chi connectivity index (χ3n) is 4.84. The number of aromatic nitrogens is 3. The van der Waals surface area contributed by atoms with Crippen LogP contribution in [0.1, 0.15) is 33.6 Å². The highest BCUT2D eigenvalue weighted by atomic mass is 35.5. The van der Waals surface area contributed by atoms with Crippen LogP contribution in [0.15, 0.2) is 12.3 Å². The van der Waals surface area contributed by atoms with E-state index in [1.54, 1.807) is 12.3 Å². The minimum Gasteiger partial charge on any atom is -0.444 e. The van der Waals surface area contributed by atoms with Crippen molar-refractivity contribution in [3.8, 4) is 0 Å². The van der Waals surface area contributed by atoms with Crippen molar-refractivity contribution in [1.29, 1.82) is 0 Å². The first-order valence-corrected chi connectivity index (χ1v) is 9.72. The normalized spacial score (nSPS) is 22.4. The number of pyridine rings is 1. The van der Waals surface area contributed by atoms with Gasteiger partial charge in [-0.25, -0.2) is 14.8 Å². The maximum absolute atomic E-state index is 12.6. The number of amides is 1. The molecule has 2 aliphatic heterocycles. The summed E-state index contributed by atoms with van der Waals surface area (Å²) in [5, 5.41) is 0.654. The maximum Gasteiger partial charge on any atom is 0.410 e. The number of ether oxygens (including phenoxy) is 1. The molecule has 0 aromatic carbocycles. The molecule has 0 aliphatic carbocycles. The molecule has 2 bridgehead atoms. The Bertz CT molecular complexity index is 882. The van der Waals surface area contributed by atoms with E-state index in [-0.39, 0.29) is 23.5 Å². The van der Waals surface area contributed by atoms with Crippen molar-refractivity contribution in [3.05, 3.63) is 22.6 Å². The quantitative estimate of drug-likeness (QED) is 0.664. The molecular formula is C18H21Cl2N5O2. The Labute approximate surface area is 167 Å². The standard InChI is InChI=1S/C18H21Cl2N5O2/c1-18(2,3)27-17(26)25-11-4-5-12(25)9-24(8-11)15-14-13(22-16(20)23-15)6-10(19)7-21-14/h6-7,11-12H,4-5,8-9H2,1-3H3. The zero-order valence-electron chi connectivity index (χ0n) is 15.4. The van der Waals surface area contributed by atoms with Crippen LogP contribution < -0.4 is 4.90 Å². The van der Waals surface area contributed by atoms with Crippen LogP contribution in [-0.2, 0) is 4.74 Å². The highest BCUT2D eigenvalue weighted by Crippen LogP contribution is 2.35. The minimum atomic E-state index is -0.507. The van der Waals surface area contributed by atoms with Gasteiger partial charge in [-0.15, -0.1) is 0 Å². The summed E-state index contributed by atoms with van der Waals surface area (Å²) in [6.07, 6.45) is 3.22. The molecule has 4 rings (SSSR count). The maximum atomic E-state index is 12.6. The van der Waals surface area contributed by atoms with Gasteiger partial charge in [-0.2, -0.15) is 4.98 Å². The topological polar surface area (TPSA) is 71.5 Å². The van der Waals surface area contributed by atoms with Crippen LogP contribution in [0.5, 0.6) is 0 Å². The van der Waals surface area contributed by atoms with E-state index in [0.717, 1.165) is 12.8 Å². The first kappa shape index (κ1) is 18.5. The third kappa shape index (κ3) is 3.62. The molecule has 7 nitrogen and oxygen atoms in total. The molecule has 1 amide bonds. The van der Waals surface area contributed by atoms with Gasteiger partial charge in [0, 0.05) is 19.3 Å². The van der Waals surface area contributed by atoms with E-state index >= 15 is 0 Å². The molecule has 0 saturated carbocycles. The predicted molar refractivity (Wildman–Crippen MR) is 104 cm³/mol. The van der Waals surface area contributed by atoms with Crippen molar-refractivity contribution >= 4 is 46.1 Å². The molecule has 2 saturated heterocycles. The lowest BCUT2D eigenvalue weighted by atomic mass is 10.2. The molecule has 0 radical (unpaired) electrons. The van der Waals surface area contributed by atoms with Crippen LogP contribution in [0.2, 0.25) is 10.3 Å². The van der Waals surface area contributed by atoms with Crippen LogP contribution in [0.3, 0.4) is 0 Å². The van der Waals surface area contributed by atoms with Crippen molar-refractivity contribution in [1.82, 2.24) is 19.9 Å². The van der Waals surface area contributed by atoms with E-state index in [1.807, 2.05) is 25.7 Å². The number of carbonyl (C=O) groups excluding carboxylic acids is 1. The van der Waals surface area contributed by atoms with Gasteiger partial charge in [0.2, 0.25) is 5.28 Å². The zero-order valence-corrected chi connectivity index (χ0v) is 17.0. The molecule has 2 aromatic rings. The second kappa shape index (κ2) is 6.63. The lowest BCUT2D eigenvalue weighted by Gasteiger charge is -2.41. The molecule has 27 heavy (non-hydrogen) atoms. The summed E-state index contributed by atoms with van der Waals surface area (Å²) in [4.78, 5) is 29.7. The Hall–Kier alpha value is -1.86. The van der Waals surface area contributed by atoms with Gasteiger partial charge in [0.1, 0.15) is 11.1 Å². The average Bonchev–Trinajstić information content (AvgIpc) is 2.82. The number of anilines is 1. The van der Waals surface area contributed by atoms with E-state index in [9.17, 15) is 4.79 Å². The fraction of sp³-hybridized carbons (Fsp3) is 0.556. The highest BCUT2D eigenvalue weighted by Gasteiger charge is 2.45. The largest absolute Gasteiger partial charge is 0.444 e. The average molecular weight is 410 g/mol. The Kier molecular flexibility index (Phi) is 4.55. The van der Waals surface area contributed by atoms with Crippen LogP contribution in [0, 0.1) is 0 Å². The molecule has 2 unspecified atom stereocenters. The van der Waals surface area contributed by atoms with Crippen molar-refractivity contribution in [2.45, 2.75) is 51.3 Å². The molecule has 4 heterocycles. The Morgan fingerprint density at radius 2 is 1.85 bits per heavy atom. The van der Waals surface area contributed by atoms with Crippen LogP contribution >= 0.6 is 23.2 Å². The number of piperazine rings is 1.